The van der Waals surface area contributed by atoms with Crippen molar-refractivity contribution in [2.75, 3.05) is 20.1 Å². The fourth-order valence-corrected chi connectivity index (χ4v) is 3.25. The lowest BCUT2D eigenvalue weighted by Crippen LogP contribution is -2.48. The molecule has 2 rings (SSSR count). The van der Waals surface area contributed by atoms with Crippen LogP contribution in [0.1, 0.15) is 31.4 Å². The van der Waals surface area contributed by atoms with Crippen LogP contribution < -0.4 is 5.73 Å². The number of halogens is 1. The number of likely N-dealkylation sites (tertiary alicyclic amines) is 1. The number of amides is 2. The summed E-state index contributed by atoms with van der Waals surface area (Å²) in [7, 11) is 1.84. The largest absolute Gasteiger partial charge is 0.368 e. The molecule has 1 aromatic rings. The van der Waals surface area contributed by atoms with Crippen molar-refractivity contribution >= 4 is 27.7 Å². The van der Waals surface area contributed by atoms with Crippen LogP contribution in [-0.2, 0) is 9.59 Å². The number of carbonyl (C=O) groups is 2. The van der Waals surface area contributed by atoms with Gasteiger partial charge in [-0.2, -0.15) is 0 Å². The molecule has 1 fully saturated rings. The molecule has 22 heavy (non-hydrogen) atoms. The molecule has 1 aliphatic rings. The molecule has 1 aromatic carbocycles. The third-order valence-corrected chi connectivity index (χ3v) is 4.89. The van der Waals surface area contributed by atoms with Crippen LogP contribution in [0.5, 0.6) is 0 Å². The van der Waals surface area contributed by atoms with Gasteiger partial charge in [0.05, 0.1) is 0 Å². The summed E-state index contributed by atoms with van der Waals surface area (Å²) < 4.78 is 0.973. The summed E-state index contributed by atoms with van der Waals surface area (Å²) in [6, 6.07) is 7.52. The van der Waals surface area contributed by atoms with Gasteiger partial charge in [-0.25, -0.2) is 0 Å². The first-order valence-corrected chi connectivity index (χ1v) is 8.21. The Morgan fingerprint density at radius 1 is 1.27 bits per heavy atom. The Balaban J connectivity index is 2.08. The molecular formula is C16H22BrN3O2. The first-order valence-electron chi connectivity index (χ1n) is 7.42. The molecule has 6 heteroatoms. The number of benzene rings is 1. The average Bonchev–Trinajstić information content (AvgIpc) is 2.49. The van der Waals surface area contributed by atoms with E-state index in [4.69, 9.17) is 5.73 Å². The zero-order chi connectivity index (χ0) is 16.3. The Labute approximate surface area is 139 Å². The second-order valence-electron chi connectivity index (χ2n) is 5.75. The maximum absolute atomic E-state index is 11.9. The molecule has 0 radical (unpaired) electrons. The van der Waals surface area contributed by atoms with Crippen LogP contribution in [0, 0.1) is 0 Å². The van der Waals surface area contributed by atoms with Crippen molar-refractivity contribution in [1.29, 1.82) is 0 Å². The van der Waals surface area contributed by atoms with Crippen molar-refractivity contribution in [2.45, 2.75) is 31.8 Å². The van der Waals surface area contributed by atoms with Gasteiger partial charge in [-0.05, 0) is 30.5 Å². The van der Waals surface area contributed by atoms with Gasteiger partial charge in [0.25, 0.3) is 0 Å². The maximum Gasteiger partial charge on any atom is 0.239 e. The first-order chi connectivity index (χ1) is 10.4. The van der Waals surface area contributed by atoms with Gasteiger partial charge >= 0.3 is 0 Å². The van der Waals surface area contributed by atoms with E-state index in [0.29, 0.717) is 0 Å². The summed E-state index contributed by atoms with van der Waals surface area (Å²) in [5.74, 6) is -0.251. The molecule has 2 amide bonds. The fraction of sp³-hybridized carbons (Fsp3) is 0.500. The molecule has 5 nitrogen and oxygen atoms in total. The Bertz CT molecular complexity index is 539. The smallest absolute Gasteiger partial charge is 0.239 e. The van der Waals surface area contributed by atoms with Crippen LogP contribution in [0.15, 0.2) is 28.7 Å². The number of rotatable bonds is 4. The number of piperidine rings is 1. The molecule has 0 saturated carbocycles. The summed E-state index contributed by atoms with van der Waals surface area (Å²) in [5, 5.41) is 0. The van der Waals surface area contributed by atoms with Crippen molar-refractivity contribution < 1.29 is 9.59 Å². The van der Waals surface area contributed by atoms with Crippen LogP contribution in [0.25, 0.3) is 0 Å². The van der Waals surface area contributed by atoms with Crippen LogP contribution in [0.3, 0.4) is 0 Å². The predicted octanol–water partition coefficient (Wildman–Crippen LogP) is 1.92. The minimum absolute atomic E-state index is 0.0813. The summed E-state index contributed by atoms with van der Waals surface area (Å²) in [6.45, 7) is 3.10. The molecule has 0 aliphatic carbocycles. The lowest BCUT2D eigenvalue weighted by molar-refractivity contribution is -0.131. The normalized spacial score (nSPS) is 18.0. The van der Waals surface area contributed by atoms with Crippen molar-refractivity contribution in [1.82, 2.24) is 9.80 Å². The van der Waals surface area contributed by atoms with E-state index in [2.05, 4.69) is 20.8 Å². The zero-order valence-electron chi connectivity index (χ0n) is 13.0. The van der Waals surface area contributed by atoms with E-state index in [1.807, 2.05) is 31.3 Å². The standard InChI is InChI=1S/C16H22BrN3O2/c1-11(21)19(2)14-7-9-20(10-8-14)15(16(18)22)12-3-5-13(17)6-4-12/h3-6,14-15H,7-10H2,1-2H3,(H2,18,22). The van der Waals surface area contributed by atoms with Crippen molar-refractivity contribution in [3.63, 3.8) is 0 Å². The van der Waals surface area contributed by atoms with E-state index in [9.17, 15) is 9.59 Å². The summed E-state index contributed by atoms with van der Waals surface area (Å²) >= 11 is 3.40. The van der Waals surface area contributed by atoms with Gasteiger partial charge in [0.15, 0.2) is 0 Å². The van der Waals surface area contributed by atoms with E-state index < -0.39 is 6.04 Å². The SMILES string of the molecule is CC(=O)N(C)C1CCN(C(C(N)=O)c2ccc(Br)cc2)CC1. The predicted molar refractivity (Wildman–Crippen MR) is 89.1 cm³/mol. The van der Waals surface area contributed by atoms with Crippen molar-refractivity contribution in [2.24, 2.45) is 5.73 Å². The fourth-order valence-electron chi connectivity index (χ4n) is 2.99. The van der Waals surface area contributed by atoms with Gasteiger partial charge < -0.3 is 10.6 Å². The molecule has 1 heterocycles. The zero-order valence-corrected chi connectivity index (χ0v) is 14.5. The second kappa shape index (κ2) is 7.24. The molecule has 0 aromatic heterocycles. The maximum atomic E-state index is 11.9. The van der Waals surface area contributed by atoms with E-state index in [0.717, 1.165) is 36.0 Å². The molecule has 2 N–H and O–H groups in total. The third kappa shape index (κ3) is 3.87. The van der Waals surface area contributed by atoms with Gasteiger partial charge in [0.1, 0.15) is 6.04 Å². The summed E-state index contributed by atoms with van der Waals surface area (Å²) in [4.78, 5) is 27.3. The molecule has 120 valence electrons. The van der Waals surface area contributed by atoms with Crippen LogP contribution in [0.2, 0.25) is 0 Å². The summed E-state index contributed by atoms with van der Waals surface area (Å²) in [6.07, 6.45) is 1.72. The van der Waals surface area contributed by atoms with Gasteiger partial charge in [-0.15, -0.1) is 0 Å². The summed E-state index contributed by atoms with van der Waals surface area (Å²) in [5.41, 5.74) is 6.53. The van der Waals surface area contributed by atoms with Gasteiger partial charge in [-0.1, -0.05) is 28.1 Å². The highest BCUT2D eigenvalue weighted by Gasteiger charge is 2.31. The molecule has 1 atom stereocenters. The van der Waals surface area contributed by atoms with Crippen LogP contribution in [0.4, 0.5) is 0 Å². The average molecular weight is 368 g/mol. The second-order valence-corrected chi connectivity index (χ2v) is 6.67. The molecule has 0 spiro atoms. The number of hydrogen-bond donors (Lipinski definition) is 1. The number of primary amides is 1. The minimum Gasteiger partial charge on any atom is -0.368 e. The Hall–Kier alpha value is -1.40. The highest BCUT2D eigenvalue weighted by Crippen LogP contribution is 2.27. The lowest BCUT2D eigenvalue weighted by Gasteiger charge is -2.39. The number of nitrogens with zero attached hydrogens (tertiary/aromatic N) is 2. The van der Waals surface area contributed by atoms with E-state index >= 15 is 0 Å². The van der Waals surface area contributed by atoms with Gasteiger partial charge in [0, 0.05) is 37.6 Å². The Morgan fingerprint density at radius 2 is 1.82 bits per heavy atom. The highest BCUT2D eigenvalue weighted by atomic mass is 79.9. The monoisotopic (exact) mass is 367 g/mol. The Morgan fingerprint density at radius 3 is 2.27 bits per heavy atom. The van der Waals surface area contributed by atoms with Crippen LogP contribution in [-0.4, -0.2) is 47.8 Å². The minimum atomic E-state index is -0.406. The van der Waals surface area contributed by atoms with Gasteiger partial charge in [-0.3, -0.25) is 14.5 Å². The molecule has 0 bridgehead atoms. The Kier molecular flexibility index (Phi) is 5.58. The quantitative estimate of drug-likeness (QED) is 0.883. The highest BCUT2D eigenvalue weighted by molar-refractivity contribution is 9.10. The van der Waals surface area contributed by atoms with Gasteiger partial charge in [0.2, 0.25) is 11.8 Å². The van der Waals surface area contributed by atoms with Crippen molar-refractivity contribution in [3.05, 3.63) is 34.3 Å². The number of carbonyl (C=O) groups excluding carboxylic acids is 2. The molecule has 1 unspecified atom stereocenters. The van der Waals surface area contributed by atoms with E-state index in [-0.39, 0.29) is 17.9 Å². The third-order valence-electron chi connectivity index (χ3n) is 4.36. The molecular weight excluding hydrogens is 346 g/mol. The number of hydrogen-bond acceptors (Lipinski definition) is 3. The van der Waals surface area contributed by atoms with Crippen LogP contribution >= 0.6 is 15.9 Å². The first kappa shape index (κ1) is 17.0. The topological polar surface area (TPSA) is 66.6 Å². The molecule has 1 aliphatic heterocycles. The number of nitrogens with two attached hydrogens (primary N) is 1. The lowest BCUT2D eigenvalue weighted by atomic mass is 9.98. The van der Waals surface area contributed by atoms with E-state index in [1.54, 1.807) is 11.8 Å². The van der Waals surface area contributed by atoms with Crippen molar-refractivity contribution in [3.8, 4) is 0 Å². The van der Waals surface area contributed by atoms with E-state index in [1.165, 1.54) is 0 Å². The molecule has 1 saturated heterocycles.